The average molecular weight is 266 g/mol. The number of morpholine rings is 1. The number of nitrogens with zero attached hydrogens (tertiary/aromatic N) is 3. The van der Waals surface area contributed by atoms with E-state index in [2.05, 4.69) is 43.0 Å². The third-order valence-corrected chi connectivity index (χ3v) is 3.59. The molecule has 0 saturated carbocycles. The molecule has 0 spiro atoms. The number of hydrogen-bond acceptors (Lipinski definition) is 4. The molecule has 5 heteroatoms. The molecule has 0 atom stereocenters. The molecule has 108 valence electrons. The molecular weight excluding hydrogens is 240 g/mol. The van der Waals surface area contributed by atoms with Crippen molar-refractivity contribution in [3.8, 4) is 0 Å². The minimum absolute atomic E-state index is 0.0914. The molecule has 1 aliphatic rings. The lowest BCUT2D eigenvalue weighted by Crippen LogP contribution is -2.49. The number of rotatable bonds is 4. The molecule has 0 radical (unpaired) electrons. The third kappa shape index (κ3) is 3.09. The molecule has 1 fully saturated rings. The summed E-state index contributed by atoms with van der Waals surface area (Å²) in [5, 5.41) is 7.99. The van der Waals surface area contributed by atoms with Crippen LogP contribution < -0.4 is 10.2 Å². The maximum Gasteiger partial charge on any atom is 0.131 e. The van der Waals surface area contributed by atoms with E-state index >= 15 is 0 Å². The second-order valence-corrected chi connectivity index (χ2v) is 5.82. The molecule has 1 N–H and O–H groups in total. The summed E-state index contributed by atoms with van der Waals surface area (Å²) in [6, 6.07) is 0. The van der Waals surface area contributed by atoms with Crippen molar-refractivity contribution in [2.24, 2.45) is 7.05 Å². The molecule has 1 saturated heterocycles. The van der Waals surface area contributed by atoms with Gasteiger partial charge in [0, 0.05) is 32.2 Å². The van der Waals surface area contributed by atoms with Gasteiger partial charge in [-0.15, -0.1) is 0 Å². The number of hydrogen-bond donors (Lipinski definition) is 1. The molecule has 2 rings (SSSR count). The van der Waals surface area contributed by atoms with E-state index in [-0.39, 0.29) is 5.60 Å². The topological polar surface area (TPSA) is 42.3 Å². The zero-order valence-corrected chi connectivity index (χ0v) is 12.8. The molecule has 0 aliphatic carbocycles. The lowest BCUT2D eigenvalue weighted by molar-refractivity contribution is -0.0281. The van der Waals surface area contributed by atoms with Crippen LogP contribution in [-0.4, -0.2) is 41.6 Å². The highest BCUT2D eigenvalue weighted by molar-refractivity contribution is 5.51. The Hall–Kier alpha value is -1.07. The number of ether oxygens (including phenoxy) is 1. The number of anilines is 1. The van der Waals surface area contributed by atoms with Crippen molar-refractivity contribution in [1.82, 2.24) is 15.1 Å². The van der Waals surface area contributed by atoms with E-state index in [1.54, 1.807) is 0 Å². The summed E-state index contributed by atoms with van der Waals surface area (Å²) in [6.45, 7) is 13.0. The quantitative estimate of drug-likeness (QED) is 0.896. The van der Waals surface area contributed by atoms with Gasteiger partial charge in [-0.25, -0.2) is 0 Å². The maximum absolute atomic E-state index is 5.80. The van der Waals surface area contributed by atoms with Crippen molar-refractivity contribution < 1.29 is 4.74 Å². The Morgan fingerprint density at radius 3 is 2.79 bits per heavy atom. The van der Waals surface area contributed by atoms with Crippen LogP contribution in [0.3, 0.4) is 0 Å². The van der Waals surface area contributed by atoms with Gasteiger partial charge >= 0.3 is 0 Å². The molecule has 5 nitrogen and oxygen atoms in total. The van der Waals surface area contributed by atoms with Gasteiger partial charge in [0.15, 0.2) is 0 Å². The fourth-order valence-corrected chi connectivity index (χ4v) is 2.74. The monoisotopic (exact) mass is 266 g/mol. The van der Waals surface area contributed by atoms with E-state index in [9.17, 15) is 0 Å². The molecule has 0 unspecified atom stereocenters. The lowest BCUT2D eigenvalue weighted by Gasteiger charge is -2.39. The number of aryl methyl sites for hydroxylation is 2. The van der Waals surface area contributed by atoms with Crippen LogP contribution in [-0.2, 0) is 18.3 Å². The first-order valence-corrected chi connectivity index (χ1v) is 7.06. The smallest absolute Gasteiger partial charge is 0.131 e. The van der Waals surface area contributed by atoms with Gasteiger partial charge in [0.1, 0.15) is 5.82 Å². The molecule has 1 aliphatic heterocycles. The lowest BCUT2D eigenvalue weighted by atomic mass is 10.1. The van der Waals surface area contributed by atoms with Crippen LogP contribution in [0.1, 0.15) is 32.0 Å². The fraction of sp³-hybridized carbons (Fsp3) is 0.786. The highest BCUT2D eigenvalue weighted by atomic mass is 16.5. The molecule has 1 aromatic rings. The van der Waals surface area contributed by atoms with Gasteiger partial charge in [-0.3, -0.25) is 4.68 Å². The summed E-state index contributed by atoms with van der Waals surface area (Å²) in [4.78, 5) is 2.40. The molecule has 0 bridgehead atoms. The third-order valence-electron chi connectivity index (χ3n) is 3.59. The standard InChI is InChI=1S/C14H26N4O/c1-6-15-9-12-11(2)16-17(5)13(12)18-7-8-19-14(3,4)10-18/h15H,6-10H2,1-5H3. The van der Waals surface area contributed by atoms with Gasteiger partial charge in [0.05, 0.1) is 17.9 Å². The summed E-state index contributed by atoms with van der Waals surface area (Å²) < 4.78 is 7.80. The second kappa shape index (κ2) is 5.51. The molecule has 0 amide bonds. The van der Waals surface area contributed by atoms with Crippen LogP contribution in [0.5, 0.6) is 0 Å². The van der Waals surface area contributed by atoms with Crippen LogP contribution in [0, 0.1) is 6.92 Å². The Labute approximate surface area is 115 Å². The molecule has 1 aromatic heterocycles. The Bertz CT molecular complexity index is 439. The van der Waals surface area contributed by atoms with E-state index in [4.69, 9.17) is 4.74 Å². The van der Waals surface area contributed by atoms with Crippen molar-refractivity contribution in [2.75, 3.05) is 31.1 Å². The predicted molar refractivity (Wildman–Crippen MR) is 77.6 cm³/mol. The first-order valence-electron chi connectivity index (χ1n) is 7.06. The first kappa shape index (κ1) is 14.3. The van der Waals surface area contributed by atoms with Gasteiger partial charge in [0.25, 0.3) is 0 Å². The molecule has 19 heavy (non-hydrogen) atoms. The van der Waals surface area contributed by atoms with Crippen LogP contribution in [0.15, 0.2) is 0 Å². The Balaban J connectivity index is 2.27. The predicted octanol–water partition coefficient (Wildman–Crippen LogP) is 1.45. The van der Waals surface area contributed by atoms with E-state index in [1.807, 2.05) is 11.7 Å². The molecule has 2 heterocycles. The second-order valence-electron chi connectivity index (χ2n) is 5.82. The molecular formula is C14H26N4O. The van der Waals surface area contributed by atoms with Crippen LogP contribution in [0.4, 0.5) is 5.82 Å². The zero-order valence-electron chi connectivity index (χ0n) is 12.8. The first-order chi connectivity index (χ1) is 8.94. The van der Waals surface area contributed by atoms with Crippen molar-refractivity contribution >= 4 is 5.82 Å². The van der Waals surface area contributed by atoms with Gasteiger partial charge in [-0.2, -0.15) is 5.10 Å². The SMILES string of the molecule is CCNCc1c(C)nn(C)c1N1CCOC(C)(C)C1. The minimum atomic E-state index is -0.0914. The number of aromatic nitrogens is 2. The van der Waals surface area contributed by atoms with Crippen LogP contribution in [0.2, 0.25) is 0 Å². The number of nitrogens with one attached hydrogen (secondary N) is 1. The van der Waals surface area contributed by atoms with Crippen LogP contribution >= 0.6 is 0 Å². The Kier molecular flexibility index (Phi) is 4.16. The summed E-state index contributed by atoms with van der Waals surface area (Å²) in [6.07, 6.45) is 0. The highest BCUT2D eigenvalue weighted by Gasteiger charge is 2.30. The van der Waals surface area contributed by atoms with E-state index in [0.717, 1.165) is 38.5 Å². The largest absolute Gasteiger partial charge is 0.372 e. The van der Waals surface area contributed by atoms with E-state index in [1.165, 1.54) is 11.4 Å². The van der Waals surface area contributed by atoms with Crippen LogP contribution in [0.25, 0.3) is 0 Å². The zero-order chi connectivity index (χ0) is 14.0. The molecule has 0 aromatic carbocycles. The van der Waals surface area contributed by atoms with E-state index in [0.29, 0.717) is 0 Å². The summed E-state index contributed by atoms with van der Waals surface area (Å²) in [5.41, 5.74) is 2.33. The van der Waals surface area contributed by atoms with Crippen molar-refractivity contribution in [3.63, 3.8) is 0 Å². The maximum atomic E-state index is 5.80. The van der Waals surface area contributed by atoms with Gasteiger partial charge in [-0.05, 0) is 27.3 Å². The highest BCUT2D eigenvalue weighted by Crippen LogP contribution is 2.27. The van der Waals surface area contributed by atoms with Gasteiger partial charge in [-0.1, -0.05) is 6.92 Å². The Morgan fingerprint density at radius 1 is 1.42 bits per heavy atom. The fourth-order valence-electron chi connectivity index (χ4n) is 2.74. The summed E-state index contributed by atoms with van der Waals surface area (Å²) >= 11 is 0. The van der Waals surface area contributed by atoms with Gasteiger partial charge < -0.3 is 15.0 Å². The van der Waals surface area contributed by atoms with Crippen molar-refractivity contribution in [1.29, 1.82) is 0 Å². The minimum Gasteiger partial charge on any atom is -0.372 e. The van der Waals surface area contributed by atoms with Gasteiger partial charge in [0.2, 0.25) is 0 Å². The average Bonchev–Trinajstić information content (AvgIpc) is 2.60. The van der Waals surface area contributed by atoms with E-state index < -0.39 is 0 Å². The van der Waals surface area contributed by atoms with Crippen molar-refractivity contribution in [2.45, 2.75) is 39.8 Å². The Morgan fingerprint density at radius 2 is 2.16 bits per heavy atom. The van der Waals surface area contributed by atoms with Crippen molar-refractivity contribution in [3.05, 3.63) is 11.3 Å². The summed E-state index contributed by atoms with van der Waals surface area (Å²) in [7, 11) is 2.03. The summed E-state index contributed by atoms with van der Waals surface area (Å²) in [5.74, 6) is 1.23. The normalized spacial score (nSPS) is 18.9.